The first-order chi connectivity index (χ1) is 16.2. The first kappa shape index (κ1) is 27.8. The van der Waals surface area contributed by atoms with Crippen molar-refractivity contribution in [1.29, 1.82) is 0 Å². The highest BCUT2D eigenvalue weighted by atomic mass is 16.2. The lowest BCUT2D eigenvalue weighted by atomic mass is 10.1. The molecule has 0 aliphatic heterocycles. The summed E-state index contributed by atoms with van der Waals surface area (Å²) < 4.78 is 0. The molecule has 1 amide bonds. The fourth-order valence-corrected chi connectivity index (χ4v) is 2.85. The zero-order valence-electron chi connectivity index (χ0n) is 20.0. The van der Waals surface area contributed by atoms with Gasteiger partial charge in [0.15, 0.2) is 5.78 Å². The summed E-state index contributed by atoms with van der Waals surface area (Å²) in [5.74, 6) is -0.170. The van der Waals surface area contributed by atoms with Gasteiger partial charge in [-0.1, -0.05) is 110 Å². The number of carbonyl (C=O) groups is 2. The number of amides is 1. The van der Waals surface area contributed by atoms with Crippen LogP contribution in [0.5, 0.6) is 0 Å². The van der Waals surface area contributed by atoms with Gasteiger partial charge in [0, 0.05) is 12.0 Å². The van der Waals surface area contributed by atoms with Gasteiger partial charge in [-0.25, -0.2) is 0 Å². The molecule has 0 bridgehead atoms. The van der Waals surface area contributed by atoms with Crippen molar-refractivity contribution in [3.63, 3.8) is 0 Å². The summed E-state index contributed by atoms with van der Waals surface area (Å²) in [6.45, 7) is 2.20. The Labute approximate surface area is 200 Å². The predicted molar refractivity (Wildman–Crippen MR) is 141 cm³/mol. The molecule has 0 saturated heterocycles. The van der Waals surface area contributed by atoms with Crippen molar-refractivity contribution in [3.8, 4) is 0 Å². The third kappa shape index (κ3) is 17.1. The minimum Gasteiger partial charge on any atom is -0.349 e. The Morgan fingerprint density at radius 3 is 1.61 bits per heavy atom. The van der Waals surface area contributed by atoms with Crippen molar-refractivity contribution in [1.82, 2.24) is 5.32 Å². The molecule has 0 radical (unpaired) electrons. The van der Waals surface area contributed by atoms with Gasteiger partial charge in [0.2, 0.25) is 5.91 Å². The van der Waals surface area contributed by atoms with Crippen LogP contribution in [0.1, 0.15) is 68.6 Å². The van der Waals surface area contributed by atoms with Gasteiger partial charge in [-0.15, -0.1) is 0 Å². The number of benzene rings is 1. The molecule has 0 aliphatic rings. The number of Topliss-reactive ketones (excluding diaryl/α,β-unsaturated/α-hetero) is 1. The molecule has 0 aromatic heterocycles. The summed E-state index contributed by atoms with van der Waals surface area (Å²) >= 11 is 0. The van der Waals surface area contributed by atoms with Crippen LogP contribution < -0.4 is 5.32 Å². The van der Waals surface area contributed by atoms with Crippen LogP contribution >= 0.6 is 0 Å². The Hall–Kier alpha value is -3.20. The summed E-state index contributed by atoms with van der Waals surface area (Å²) in [6.07, 6.45) is 32.9. The summed E-state index contributed by atoms with van der Waals surface area (Å²) in [5.41, 5.74) is 0.620. The summed E-state index contributed by atoms with van der Waals surface area (Å²) in [6, 6.07) is 9.01. The monoisotopic (exact) mass is 445 g/mol. The number of hydrogen-bond donors (Lipinski definition) is 1. The zero-order valence-corrected chi connectivity index (χ0v) is 20.0. The first-order valence-corrected chi connectivity index (χ1v) is 12.0. The summed E-state index contributed by atoms with van der Waals surface area (Å²) in [7, 11) is 0. The molecule has 3 nitrogen and oxygen atoms in total. The third-order valence-electron chi connectivity index (χ3n) is 4.68. The molecule has 33 heavy (non-hydrogen) atoms. The quantitative estimate of drug-likeness (QED) is 0.200. The van der Waals surface area contributed by atoms with E-state index < -0.39 is 0 Å². The van der Waals surface area contributed by atoms with Crippen molar-refractivity contribution in [2.45, 2.75) is 58.3 Å². The van der Waals surface area contributed by atoms with E-state index in [1.165, 1.54) is 0 Å². The Morgan fingerprint density at radius 1 is 0.667 bits per heavy atom. The normalized spacial score (nSPS) is 12.4. The van der Waals surface area contributed by atoms with E-state index in [1.54, 1.807) is 12.1 Å². The van der Waals surface area contributed by atoms with Crippen LogP contribution in [-0.2, 0) is 4.79 Å². The lowest BCUT2D eigenvalue weighted by Gasteiger charge is -2.03. The Bertz CT molecular complexity index is 826. The van der Waals surface area contributed by atoms with E-state index in [-0.39, 0.29) is 18.2 Å². The fourth-order valence-electron chi connectivity index (χ4n) is 2.85. The second-order valence-electron chi connectivity index (χ2n) is 7.52. The van der Waals surface area contributed by atoms with Gasteiger partial charge in [0.25, 0.3) is 0 Å². The number of rotatable bonds is 17. The van der Waals surface area contributed by atoms with Crippen molar-refractivity contribution in [3.05, 3.63) is 109 Å². The molecule has 3 heteroatoms. The lowest BCUT2D eigenvalue weighted by Crippen LogP contribution is -2.29. The largest absolute Gasteiger partial charge is 0.349 e. The van der Waals surface area contributed by atoms with E-state index in [0.717, 1.165) is 38.5 Å². The van der Waals surface area contributed by atoms with Gasteiger partial charge in [0.05, 0.1) is 6.54 Å². The molecule has 1 aromatic rings. The van der Waals surface area contributed by atoms with Gasteiger partial charge in [-0.05, 0) is 44.9 Å². The smallest absolute Gasteiger partial charge is 0.220 e. The molecule has 0 aliphatic carbocycles. The Balaban J connectivity index is 2.00. The number of allylic oxidation sites excluding steroid dienone is 12. The van der Waals surface area contributed by atoms with Crippen molar-refractivity contribution in [2.75, 3.05) is 6.54 Å². The minimum absolute atomic E-state index is 0.0482. The first-order valence-electron chi connectivity index (χ1n) is 12.0. The maximum Gasteiger partial charge on any atom is 0.220 e. The summed E-state index contributed by atoms with van der Waals surface area (Å²) in [5, 5.41) is 2.69. The molecule has 0 atom stereocenters. The molecular formula is C30H39NO2. The molecule has 0 saturated carbocycles. The van der Waals surface area contributed by atoms with Crippen LogP contribution in [0.4, 0.5) is 0 Å². The van der Waals surface area contributed by atoms with Crippen molar-refractivity contribution < 1.29 is 9.59 Å². The Kier molecular flexibility index (Phi) is 17.4. The van der Waals surface area contributed by atoms with Crippen molar-refractivity contribution in [2.24, 2.45) is 0 Å². The minimum atomic E-state index is -0.0983. The summed E-state index contributed by atoms with van der Waals surface area (Å²) in [4.78, 5) is 23.8. The van der Waals surface area contributed by atoms with Crippen LogP contribution in [0, 0.1) is 0 Å². The average Bonchev–Trinajstić information content (AvgIpc) is 2.84. The van der Waals surface area contributed by atoms with E-state index in [0.29, 0.717) is 18.4 Å². The van der Waals surface area contributed by atoms with Crippen molar-refractivity contribution >= 4 is 11.7 Å². The van der Waals surface area contributed by atoms with Gasteiger partial charge in [-0.3, -0.25) is 9.59 Å². The maximum atomic E-state index is 12.0. The highest BCUT2D eigenvalue weighted by molar-refractivity contribution is 5.99. The van der Waals surface area contributed by atoms with E-state index in [9.17, 15) is 9.59 Å². The van der Waals surface area contributed by atoms with Crippen LogP contribution in [0.2, 0.25) is 0 Å². The fraction of sp³-hybridized carbons (Fsp3) is 0.333. The second kappa shape index (κ2) is 20.7. The zero-order chi connectivity index (χ0) is 23.8. The topological polar surface area (TPSA) is 46.2 Å². The molecule has 176 valence electrons. The second-order valence-corrected chi connectivity index (χ2v) is 7.52. The van der Waals surface area contributed by atoms with Crippen LogP contribution in [0.3, 0.4) is 0 Å². The third-order valence-corrected chi connectivity index (χ3v) is 4.68. The van der Waals surface area contributed by atoms with Gasteiger partial charge < -0.3 is 5.32 Å². The van der Waals surface area contributed by atoms with Crippen LogP contribution in [0.25, 0.3) is 0 Å². The predicted octanol–water partition coefficient (Wildman–Crippen LogP) is 7.46. The van der Waals surface area contributed by atoms with Gasteiger partial charge in [-0.2, -0.15) is 0 Å². The van der Waals surface area contributed by atoms with E-state index in [4.69, 9.17) is 0 Å². The lowest BCUT2D eigenvalue weighted by molar-refractivity contribution is -0.120. The number of nitrogens with one attached hydrogen (secondary N) is 1. The highest BCUT2D eigenvalue weighted by Gasteiger charge is 2.06. The highest BCUT2D eigenvalue weighted by Crippen LogP contribution is 2.00. The molecule has 1 aromatic carbocycles. The van der Waals surface area contributed by atoms with E-state index in [1.807, 2.05) is 24.3 Å². The molecule has 0 heterocycles. The SMILES string of the molecule is CC/C=C\C/C=C\C/C=C\C/C=C\C/C=C\C/C=C\CCC(=O)NCC(=O)c1ccccc1. The van der Waals surface area contributed by atoms with Crippen LogP contribution in [-0.4, -0.2) is 18.2 Å². The standard InChI is InChI=1S/C30H39NO2/c1-2-3-4-5-6-7-8-9-10-11-12-13-14-15-16-17-18-19-23-26-30(33)31-27-29(32)28-24-21-20-22-25-28/h3-4,6-7,9-10,12-13,15-16,18-22,24-25H,2,5,8,11,14,17,23,26-27H2,1H3,(H,31,33)/b4-3-,7-6-,10-9-,13-12-,16-15-,19-18-. The maximum absolute atomic E-state index is 12.0. The van der Waals surface area contributed by atoms with E-state index in [2.05, 4.69) is 79.1 Å². The molecule has 0 spiro atoms. The van der Waals surface area contributed by atoms with E-state index >= 15 is 0 Å². The molecule has 1 rings (SSSR count). The molecular weight excluding hydrogens is 406 g/mol. The number of ketones is 1. The van der Waals surface area contributed by atoms with Gasteiger partial charge in [0.1, 0.15) is 0 Å². The number of hydrogen-bond acceptors (Lipinski definition) is 2. The number of carbonyl (C=O) groups excluding carboxylic acids is 2. The molecule has 0 fully saturated rings. The molecule has 1 N–H and O–H groups in total. The average molecular weight is 446 g/mol. The van der Waals surface area contributed by atoms with Gasteiger partial charge >= 0.3 is 0 Å². The molecule has 0 unspecified atom stereocenters. The Morgan fingerprint density at radius 2 is 1.12 bits per heavy atom. The van der Waals surface area contributed by atoms with Crippen LogP contribution in [0.15, 0.2) is 103 Å².